The summed E-state index contributed by atoms with van der Waals surface area (Å²) in [5.74, 6) is 1.98. The summed E-state index contributed by atoms with van der Waals surface area (Å²) < 4.78 is 53.0. The van der Waals surface area contributed by atoms with E-state index in [1.807, 2.05) is 19.1 Å². The lowest BCUT2D eigenvalue weighted by Gasteiger charge is -2.25. The number of alkyl halides is 3. The first kappa shape index (κ1) is 26.3. The fourth-order valence-corrected chi connectivity index (χ4v) is 5.63. The van der Waals surface area contributed by atoms with Crippen molar-refractivity contribution in [1.29, 1.82) is 0 Å². The normalized spacial score (nSPS) is 20.6. The number of halogens is 3. The van der Waals surface area contributed by atoms with Gasteiger partial charge in [0, 0.05) is 32.7 Å². The largest absolute Gasteiger partial charge is 0.573 e. The summed E-state index contributed by atoms with van der Waals surface area (Å²) in [5.41, 5.74) is 3.31. The van der Waals surface area contributed by atoms with E-state index in [0.29, 0.717) is 36.5 Å². The fourth-order valence-electron chi connectivity index (χ4n) is 5.18. The van der Waals surface area contributed by atoms with Gasteiger partial charge < -0.3 is 19.1 Å². The molecule has 7 nitrogen and oxygen atoms in total. The first-order chi connectivity index (χ1) is 18.3. The van der Waals surface area contributed by atoms with Crippen LogP contribution in [0.5, 0.6) is 17.4 Å². The number of fused-ring (bicyclic) bond motifs is 1. The molecule has 0 spiro atoms. The van der Waals surface area contributed by atoms with E-state index >= 15 is 0 Å². The number of carbonyl (C=O) groups excluding carboxylic acids is 1. The maximum atomic E-state index is 13.0. The van der Waals surface area contributed by atoms with Gasteiger partial charge in [-0.1, -0.05) is 24.3 Å². The topological polar surface area (TPSA) is 64.1 Å². The van der Waals surface area contributed by atoms with Gasteiger partial charge in [-0.2, -0.15) is 0 Å². The zero-order valence-corrected chi connectivity index (χ0v) is 21.6. The third-order valence-corrected chi connectivity index (χ3v) is 7.45. The van der Waals surface area contributed by atoms with Gasteiger partial charge in [0.25, 0.3) is 0 Å². The molecule has 3 aromatic rings. The molecule has 1 aliphatic carbocycles. The van der Waals surface area contributed by atoms with E-state index < -0.39 is 12.5 Å². The number of piperidine rings is 1. The van der Waals surface area contributed by atoms with Crippen LogP contribution in [0.4, 0.5) is 18.0 Å². The number of benzene rings is 2. The van der Waals surface area contributed by atoms with Crippen LogP contribution in [0.3, 0.4) is 0 Å². The SMILES string of the molecule is CCOc1ccc(CN2CC3C(C2)C3CN(Cc2cccc(OC(F)(F)F)c2)C(=O)Oc2cscn2)cc1. The van der Waals surface area contributed by atoms with Gasteiger partial charge in [0.15, 0.2) is 0 Å². The average molecular weight is 548 g/mol. The Morgan fingerprint density at radius 1 is 1.11 bits per heavy atom. The molecule has 2 fully saturated rings. The van der Waals surface area contributed by atoms with Gasteiger partial charge in [-0.15, -0.1) is 24.5 Å². The van der Waals surface area contributed by atoms with E-state index in [4.69, 9.17) is 9.47 Å². The summed E-state index contributed by atoms with van der Waals surface area (Å²) in [7, 11) is 0. The smallest absolute Gasteiger partial charge is 0.494 e. The van der Waals surface area contributed by atoms with Gasteiger partial charge >= 0.3 is 12.5 Å². The van der Waals surface area contributed by atoms with Crippen molar-refractivity contribution in [3.8, 4) is 17.4 Å². The van der Waals surface area contributed by atoms with Crippen LogP contribution in [0, 0.1) is 17.8 Å². The zero-order valence-electron chi connectivity index (χ0n) is 20.8. The van der Waals surface area contributed by atoms with E-state index in [0.717, 1.165) is 25.4 Å². The van der Waals surface area contributed by atoms with Crippen molar-refractivity contribution in [3.63, 3.8) is 0 Å². The summed E-state index contributed by atoms with van der Waals surface area (Å²) in [6.45, 7) is 5.88. The van der Waals surface area contributed by atoms with Crippen LogP contribution < -0.4 is 14.2 Å². The number of ether oxygens (including phenoxy) is 3. The van der Waals surface area contributed by atoms with Gasteiger partial charge in [0.1, 0.15) is 11.5 Å². The minimum absolute atomic E-state index is 0.101. The van der Waals surface area contributed by atoms with E-state index in [9.17, 15) is 18.0 Å². The van der Waals surface area contributed by atoms with Crippen molar-refractivity contribution in [2.45, 2.75) is 26.4 Å². The van der Waals surface area contributed by atoms with Gasteiger partial charge in [-0.25, -0.2) is 9.78 Å². The Bertz CT molecular complexity index is 1210. The van der Waals surface area contributed by atoms with Crippen LogP contribution in [0.1, 0.15) is 18.1 Å². The number of rotatable bonds is 10. The molecule has 1 aromatic heterocycles. The van der Waals surface area contributed by atoms with E-state index in [1.54, 1.807) is 21.9 Å². The number of carbonyl (C=O) groups is 1. The number of aromatic nitrogens is 1. The summed E-state index contributed by atoms with van der Waals surface area (Å²) in [5, 5.41) is 1.62. The molecule has 11 heteroatoms. The lowest BCUT2D eigenvalue weighted by molar-refractivity contribution is -0.274. The van der Waals surface area contributed by atoms with Crippen LogP contribution in [0.2, 0.25) is 0 Å². The lowest BCUT2D eigenvalue weighted by atomic mass is 10.1. The maximum absolute atomic E-state index is 13.0. The average Bonchev–Trinajstić information content (AvgIpc) is 3.22. The Morgan fingerprint density at radius 2 is 1.87 bits per heavy atom. The van der Waals surface area contributed by atoms with Crippen molar-refractivity contribution in [3.05, 3.63) is 70.5 Å². The van der Waals surface area contributed by atoms with Crippen molar-refractivity contribution in [2.24, 2.45) is 17.8 Å². The highest BCUT2D eigenvalue weighted by molar-refractivity contribution is 7.07. The second kappa shape index (κ2) is 11.2. The monoisotopic (exact) mass is 547 g/mol. The maximum Gasteiger partial charge on any atom is 0.573 e. The van der Waals surface area contributed by atoms with Crippen LogP contribution in [-0.4, -0.2) is 53.5 Å². The van der Waals surface area contributed by atoms with Gasteiger partial charge in [-0.3, -0.25) is 4.90 Å². The molecule has 2 aliphatic rings. The Morgan fingerprint density at radius 3 is 2.53 bits per heavy atom. The summed E-state index contributed by atoms with van der Waals surface area (Å²) >= 11 is 1.31. The Labute approximate surface area is 222 Å². The molecule has 2 unspecified atom stereocenters. The van der Waals surface area contributed by atoms with Crippen molar-refractivity contribution < 1.29 is 32.2 Å². The van der Waals surface area contributed by atoms with Crippen LogP contribution in [-0.2, 0) is 13.1 Å². The summed E-state index contributed by atoms with van der Waals surface area (Å²) in [6, 6.07) is 13.8. The lowest BCUT2D eigenvalue weighted by Crippen LogP contribution is -2.36. The number of nitrogens with zero attached hydrogens (tertiary/aromatic N) is 3. The number of hydrogen-bond acceptors (Lipinski definition) is 7. The fraction of sp³-hybridized carbons (Fsp3) is 0.407. The molecule has 1 aliphatic heterocycles. The highest BCUT2D eigenvalue weighted by atomic mass is 32.1. The van der Waals surface area contributed by atoms with Gasteiger partial charge in [0.2, 0.25) is 5.88 Å². The molecule has 0 bridgehead atoms. The Hall–Kier alpha value is -3.31. The number of likely N-dealkylation sites (tertiary alicyclic amines) is 1. The number of amides is 1. The molecule has 1 saturated heterocycles. The van der Waals surface area contributed by atoms with Gasteiger partial charge in [0.05, 0.1) is 17.5 Å². The molecule has 2 atom stereocenters. The van der Waals surface area contributed by atoms with Crippen LogP contribution in [0.15, 0.2) is 59.4 Å². The zero-order chi connectivity index (χ0) is 26.7. The number of thiazole rings is 1. The van der Waals surface area contributed by atoms with E-state index in [2.05, 4.69) is 26.8 Å². The minimum atomic E-state index is -4.79. The predicted octanol–water partition coefficient (Wildman–Crippen LogP) is 5.82. The van der Waals surface area contributed by atoms with Gasteiger partial charge in [-0.05, 0) is 60.1 Å². The summed E-state index contributed by atoms with van der Waals surface area (Å²) in [6.07, 6.45) is -5.36. The molecule has 0 N–H and O–H groups in total. The number of hydrogen-bond donors (Lipinski definition) is 0. The molecule has 38 heavy (non-hydrogen) atoms. The quantitative estimate of drug-likeness (QED) is 0.319. The van der Waals surface area contributed by atoms with Crippen molar-refractivity contribution in [1.82, 2.24) is 14.8 Å². The molecule has 1 amide bonds. The molecule has 5 rings (SSSR count). The Balaban J connectivity index is 1.20. The molecule has 2 aromatic carbocycles. The Kier molecular flexibility index (Phi) is 7.75. The molecule has 0 radical (unpaired) electrons. The van der Waals surface area contributed by atoms with E-state index in [-0.39, 0.29) is 18.2 Å². The molecular formula is C27H28F3N3O4S. The molecule has 1 saturated carbocycles. The standard InChI is InChI=1S/C27H28F3N3O4S/c1-2-35-20-8-6-18(7-9-20)11-32-13-22-23(14-32)24(22)15-33(26(34)36-25-16-38-17-31-25)12-19-4-3-5-21(10-19)37-27(28,29)30/h3-10,16-17,22-24H,2,11-15H2,1H3. The highest BCUT2D eigenvalue weighted by Crippen LogP contribution is 2.52. The van der Waals surface area contributed by atoms with E-state index in [1.165, 1.54) is 35.1 Å². The molecule has 2 heterocycles. The van der Waals surface area contributed by atoms with Crippen LogP contribution >= 0.6 is 11.3 Å². The highest BCUT2D eigenvalue weighted by Gasteiger charge is 2.56. The predicted molar refractivity (Wildman–Crippen MR) is 135 cm³/mol. The van der Waals surface area contributed by atoms with Crippen molar-refractivity contribution in [2.75, 3.05) is 26.2 Å². The third kappa shape index (κ3) is 6.76. The van der Waals surface area contributed by atoms with Crippen molar-refractivity contribution >= 4 is 17.4 Å². The second-order valence-corrected chi connectivity index (χ2v) is 10.3. The second-order valence-electron chi connectivity index (χ2n) is 9.53. The summed E-state index contributed by atoms with van der Waals surface area (Å²) in [4.78, 5) is 21.0. The molecular weight excluding hydrogens is 519 g/mol. The third-order valence-electron chi connectivity index (χ3n) is 6.88. The first-order valence-corrected chi connectivity index (χ1v) is 13.4. The first-order valence-electron chi connectivity index (χ1n) is 12.4. The minimum Gasteiger partial charge on any atom is -0.494 e. The molecule has 202 valence electrons. The van der Waals surface area contributed by atoms with Crippen LogP contribution in [0.25, 0.3) is 0 Å².